The summed E-state index contributed by atoms with van der Waals surface area (Å²) in [6, 6.07) is 7.86. The first-order valence-electron chi connectivity index (χ1n) is 20.1. The lowest BCUT2D eigenvalue weighted by atomic mass is 10.1. The minimum Gasteiger partial charge on any atom is -0.488 e. The standard InChI is InChI=1S/C43H64N4O13/c1-40(2,3)57-36(49)24-45(25-37(50)58-41(4,5)6)31-16-15-30(44-17-13-14-18-44)22-34(31)55-19-20-56-35-23-32(47(53)54)29(28-48)21-33(35)46(26-38(51)59-42(7,8)9)27-39(52)60-43(10,11)12/h15-16,21-23,48H,13-14,17-20,24-28H2,1-12H3. The van der Waals surface area contributed by atoms with Crippen molar-refractivity contribution >= 4 is 46.6 Å². The maximum Gasteiger partial charge on any atom is 0.326 e. The number of rotatable bonds is 18. The highest BCUT2D eigenvalue weighted by molar-refractivity contribution is 5.85. The van der Waals surface area contributed by atoms with Gasteiger partial charge in [0.1, 0.15) is 73.3 Å². The van der Waals surface area contributed by atoms with Crippen LogP contribution in [0.15, 0.2) is 30.3 Å². The molecule has 0 aliphatic carbocycles. The van der Waals surface area contributed by atoms with Crippen LogP contribution in [0.3, 0.4) is 0 Å². The average Bonchev–Trinajstić information content (AvgIpc) is 3.61. The molecular formula is C43H64N4O13. The number of aliphatic hydroxyl groups excluding tert-OH is 1. The summed E-state index contributed by atoms with van der Waals surface area (Å²) < 4.78 is 34.7. The van der Waals surface area contributed by atoms with Crippen LogP contribution in [0, 0.1) is 10.1 Å². The first-order valence-corrected chi connectivity index (χ1v) is 20.1. The van der Waals surface area contributed by atoms with E-state index in [0.717, 1.165) is 37.7 Å². The Morgan fingerprint density at radius 1 is 0.633 bits per heavy atom. The molecule has 1 fully saturated rings. The van der Waals surface area contributed by atoms with E-state index in [9.17, 15) is 34.4 Å². The lowest BCUT2D eigenvalue weighted by molar-refractivity contribution is -0.385. The van der Waals surface area contributed by atoms with Gasteiger partial charge in [0.25, 0.3) is 5.69 Å². The number of anilines is 3. The number of hydrogen-bond acceptors (Lipinski definition) is 16. The zero-order valence-corrected chi connectivity index (χ0v) is 37.3. The van der Waals surface area contributed by atoms with Crippen LogP contribution >= 0.6 is 0 Å². The van der Waals surface area contributed by atoms with Crippen LogP contribution in [-0.4, -0.2) is 109 Å². The Morgan fingerprint density at radius 2 is 1.02 bits per heavy atom. The Kier molecular flexibility index (Phi) is 16.6. The summed E-state index contributed by atoms with van der Waals surface area (Å²) >= 11 is 0. The number of nitrogens with zero attached hydrogens (tertiary/aromatic N) is 4. The van der Waals surface area contributed by atoms with Crippen molar-refractivity contribution in [2.45, 2.75) is 125 Å². The van der Waals surface area contributed by atoms with Gasteiger partial charge in [-0.25, -0.2) is 0 Å². The van der Waals surface area contributed by atoms with Gasteiger partial charge in [0.15, 0.2) is 0 Å². The first-order chi connectivity index (χ1) is 27.6. The van der Waals surface area contributed by atoms with Crippen LogP contribution < -0.4 is 24.2 Å². The lowest BCUT2D eigenvalue weighted by Gasteiger charge is -2.30. The molecule has 2 aromatic carbocycles. The Hall–Kier alpha value is -5.32. The normalized spacial score (nSPS) is 13.3. The van der Waals surface area contributed by atoms with E-state index < -0.39 is 76.6 Å². The number of ether oxygens (including phenoxy) is 6. The molecule has 3 rings (SSSR count). The topological polar surface area (TPSA) is 197 Å². The van der Waals surface area contributed by atoms with Crippen LogP contribution in [0.25, 0.3) is 0 Å². The zero-order chi connectivity index (χ0) is 45.2. The molecular weight excluding hydrogens is 780 g/mol. The van der Waals surface area contributed by atoms with Crippen molar-refractivity contribution in [2.75, 3.05) is 67.2 Å². The summed E-state index contributed by atoms with van der Waals surface area (Å²) in [7, 11) is 0. The van der Waals surface area contributed by atoms with Gasteiger partial charge in [-0.3, -0.25) is 29.3 Å². The average molecular weight is 845 g/mol. The van der Waals surface area contributed by atoms with E-state index in [2.05, 4.69) is 4.90 Å². The van der Waals surface area contributed by atoms with Crippen LogP contribution in [-0.2, 0) is 44.7 Å². The second kappa shape index (κ2) is 20.3. The monoisotopic (exact) mass is 844 g/mol. The molecule has 1 aliphatic rings. The van der Waals surface area contributed by atoms with Gasteiger partial charge < -0.3 is 48.2 Å². The van der Waals surface area contributed by atoms with E-state index >= 15 is 0 Å². The summed E-state index contributed by atoms with van der Waals surface area (Å²) in [4.78, 5) is 69.1. The third kappa shape index (κ3) is 16.7. The van der Waals surface area contributed by atoms with E-state index in [1.54, 1.807) is 89.2 Å². The van der Waals surface area contributed by atoms with Crippen molar-refractivity contribution in [2.24, 2.45) is 0 Å². The zero-order valence-electron chi connectivity index (χ0n) is 37.3. The largest absolute Gasteiger partial charge is 0.488 e. The summed E-state index contributed by atoms with van der Waals surface area (Å²) in [5.41, 5.74) is -2.50. The number of esters is 4. The van der Waals surface area contributed by atoms with Crippen LogP contribution in [0.2, 0.25) is 0 Å². The smallest absolute Gasteiger partial charge is 0.326 e. The molecule has 0 saturated carbocycles. The number of nitro groups is 1. The maximum atomic E-state index is 13.2. The summed E-state index contributed by atoms with van der Waals surface area (Å²) in [6.07, 6.45) is 2.02. The molecule has 17 nitrogen and oxygen atoms in total. The lowest BCUT2D eigenvalue weighted by Crippen LogP contribution is -2.40. The van der Waals surface area contributed by atoms with Crippen LogP contribution in [0.4, 0.5) is 22.7 Å². The van der Waals surface area contributed by atoms with Gasteiger partial charge in [0.05, 0.1) is 34.5 Å². The highest BCUT2D eigenvalue weighted by Gasteiger charge is 2.30. The fourth-order valence-electron chi connectivity index (χ4n) is 6.19. The van der Waals surface area contributed by atoms with Crippen molar-refractivity contribution in [1.82, 2.24) is 0 Å². The minimum atomic E-state index is -0.864. The number of carbonyl (C=O) groups excluding carboxylic acids is 4. The SMILES string of the molecule is CC(C)(C)OC(=O)CN(CC(=O)OC(C)(C)C)c1ccc(N2CCCC2)cc1OCCOc1cc([N+](=O)[O-])c(CO)cc1N(CC(=O)OC(C)(C)C)CC(=O)OC(C)(C)C. The van der Waals surface area contributed by atoms with Gasteiger partial charge in [-0.05, 0) is 114 Å². The van der Waals surface area contributed by atoms with Gasteiger partial charge in [-0.1, -0.05) is 0 Å². The first kappa shape index (κ1) is 49.0. The molecule has 0 radical (unpaired) electrons. The summed E-state index contributed by atoms with van der Waals surface area (Å²) in [6.45, 7) is 19.6. The van der Waals surface area contributed by atoms with Gasteiger partial charge in [-0.15, -0.1) is 0 Å². The highest BCUT2D eigenvalue weighted by atomic mass is 16.6. The second-order valence-corrected chi connectivity index (χ2v) is 18.5. The fourth-order valence-corrected chi connectivity index (χ4v) is 6.19. The molecule has 1 N–H and O–H groups in total. The molecule has 1 aliphatic heterocycles. The molecule has 2 aromatic rings. The number of nitro benzene ring substituents is 1. The predicted molar refractivity (Wildman–Crippen MR) is 226 cm³/mol. The Morgan fingerprint density at radius 3 is 1.38 bits per heavy atom. The third-order valence-corrected chi connectivity index (χ3v) is 8.18. The number of benzene rings is 2. The summed E-state index contributed by atoms with van der Waals surface area (Å²) in [5, 5.41) is 22.3. The molecule has 1 saturated heterocycles. The van der Waals surface area contributed by atoms with E-state index in [0.29, 0.717) is 11.4 Å². The molecule has 0 amide bonds. The molecule has 60 heavy (non-hydrogen) atoms. The molecule has 17 heteroatoms. The highest BCUT2D eigenvalue weighted by Crippen LogP contribution is 2.37. The molecule has 0 spiro atoms. The van der Waals surface area contributed by atoms with E-state index in [1.807, 2.05) is 12.1 Å². The minimum absolute atomic E-state index is 0.0824. The predicted octanol–water partition coefficient (Wildman–Crippen LogP) is 6.12. The Labute approximate surface area is 353 Å². The quantitative estimate of drug-likeness (QED) is 0.0591. The number of carbonyl (C=O) groups is 4. The van der Waals surface area contributed by atoms with Gasteiger partial charge in [0.2, 0.25) is 0 Å². The molecule has 0 unspecified atom stereocenters. The maximum absolute atomic E-state index is 13.2. The van der Waals surface area contributed by atoms with E-state index in [4.69, 9.17) is 28.4 Å². The van der Waals surface area contributed by atoms with E-state index in [1.165, 1.54) is 15.9 Å². The molecule has 0 aromatic heterocycles. The Balaban J connectivity index is 2.04. The van der Waals surface area contributed by atoms with E-state index in [-0.39, 0.29) is 43.3 Å². The molecule has 1 heterocycles. The van der Waals surface area contributed by atoms with Gasteiger partial charge >= 0.3 is 23.9 Å². The van der Waals surface area contributed by atoms with Crippen molar-refractivity contribution in [1.29, 1.82) is 0 Å². The van der Waals surface area contributed by atoms with Crippen molar-refractivity contribution < 1.29 is 57.6 Å². The molecule has 0 atom stereocenters. The van der Waals surface area contributed by atoms with Crippen molar-refractivity contribution in [3.8, 4) is 11.5 Å². The van der Waals surface area contributed by atoms with Crippen molar-refractivity contribution in [3.05, 3.63) is 46.0 Å². The second-order valence-electron chi connectivity index (χ2n) is 18.5. The Bertz CT molecular complexity index is 1770. The van der Waals surface area contributed by atoms with Gasteiger partial charge in [-0.2, -0.15) is 0 Å². The molecule has 0 bridgehead atoms. The number of aliphatic hydroxyl groups is 1. The van der Waals surface area contributed by atoms with Crippen molar-refractivity contribution in [3.63, 3.8) is 0 Å². The van der Waals surface area contributed by atoms with Gasteiger partial charge in [0, 0.05) is 24.8 Å². The number of hydrogen-bond donors (Lipinski definition) is 1. The van der Waals surface area contributed by atoms with Crippen LogP contribution in [0.1, 0.15) is 101 Å². The fraction of sp³-hybridized carbons (Fsp3) is 0.628. The summed E-state index contributed by atoms with van der Waals surface area (Å²) in [5.74, 6) is -2.32. The van der Waals surface area contributed by atoms with Crippen LogP contribution in [0.5, 0.6) is 11.5 Å². The molecule has 334 valence electrons. The third-order valence-electron chi connectivity index (χ3n) is 8.18.